The molecule has 10 aromatic rings. The number of hydrogen-bond donors (Lipinski definition) is 0. The highest BCUT2D eigenvalue weighted by Gasteiger charge is 2.20. The van der Waals surface area contributed by atoms with E-state index in [9.17, 15) is 0 Å². The van der Waals surface area contributed by atoms with Crippen molar-refractivity contribution < 1.29 is 4.74 Å². The largest absolute Gasteiger partial charge is 0.487 e. The van der Waals surface area contributed by atoms with Crippen molar-refractivity contribution in [3.63, 3.8) is 0 Å². The summed E-state index contributed by atoms with van der Waals surface area (Å²) in [6, 6.07) is 67.6. The number of nitrogens with zero attached hydrogens (tertiary/aromatic N) is 2. The fourth-order valence-corrected chi connectivity index (χ4v) is 8.89. The molecular formula is C55H38N2O. The highest BCUT2D eigenvalue weighted by Crippen LogP contribution is 2.41. The Balaban J connectivity index is 1.05. The summed E-state index contributed by atoms with van der Waals surface area (Å²) in [4.78, 5) is 2.34. The van der Waals surface area contributed by atoms with E-state index in [0.717, 1.165) is 45.2 Å². The second-order valence-corrected chi connectivity index (χ2v) is 15.0. The molecule has 0 fully saturated rings. The number of anilines is 2. The van der Waals surface area contributed by atoms with Gasteiger partial charge in [0.25, 0.3) is 0 Å². The molecule has 0 saturated heterocycles. The van der Waals surface area contributed by atoms with Gasteiger partial charge in [0.2, 0.25) is 0 Å². The molecule has 274 valence electrons. The number of fused-ring (bicyclic) bond motifs is 10. The van der Waals surface area contributed by atoms with Crippen LogP contribution in [0.2, 0.25) is 0 Å². The van der Waals surface area contributed by atoms with Crippen molar-refractivity contribution in [2.24, 2.45) is 0 Å². The summed E-state index contributed by atoms with van der Waals surface area (Å²) in [6.07, 6.45) is 6.32. The van der Waals surface area contributed by atoms with Gasteiger partial charge in [-0.1, -0.05) is 146 Å². The molecule has 1 aliphatic heterocycles. The SMILES string of the molecule is C=C1/C=C\C=C(\N(c2ccc(-c3ccc4c(c3)c3ccccc3n4-c3ccccc3)cc2)c2ccc3c4ccccc4c4ccccc4c3c2)COc2ccccc21. The second-order valence-electron chi connectivity index (χ2n) is 15.0. The standard InChI is InChI=1S/C55H38N2O/c1-37-14-13-17-43(36-58-55-25-12-10-18-44(37)55)56(42-31-32-49-47-21-6-5-19-45(47)46-20-7-8-22-48(46)51(49)35-42)41-29-26-38(27-30-41)39-28-33-54-52(34-39)50-23-9-11-24-53(50)57(54)40-15-3-2-4-16-40/h2-35H,1,36H2/b14-13-,43-17+. The molecule has 0 unspecified atom stereocenters. The summed E-state index contributed by atoms with van der Waals surface area (Å²) in [5, 5.41) is 9.95. The van der Waals surface area contributed by atoms with Crippen LogP contribution in [0.5, 0.6) is 5.75 Å². The van der Waals surface area contributed by atoms with Crippen LogP contribution in [0.3, 0.4) is 0 Å². The van der Waals surface area contributed by atoms with Crippen molar-refractivity contribution in [2.45, 2.75) is 0 Å². The third kappa shape index (κ3) is 5.59. The van der Waals surface area contributed by atoms with Crippen LogP contribution in [-0.2, 0) is 0 Å². The van der Waals surface area contributed by atoms with Crippen molar-refractivity contribution in [1.82, 2.24) is 4.57 Å². The van der Waals surface area contributed by atoms with Gasteiger partial charge in [-0.05, 0) is 116 Å². The number of benzene rings is 9. The molecular weight excluding hydrogens is 705 g/mol. The molecule has 2 heterocycles. The Morgan fingerprint density at radius 2 is 1.05 bits per heavy atom. The van der Waals surface area contributed by atoms with Crippen LogP contribution in [0, 0.1) is 0 Å². The molecule has 0 amide bonds. The number of ether oxygens (including phenoxy) is 1. The van der Waals surface area contributed by atoms with Crippen molar-refractivity contribution in [3.8, 4) is 22.6 Å². The molecule has 9 aromatic carbocycles. The topological polar surface area (TPSA) is 17.4 Å². The fraction of sp³-hybridized carbons (Fsp3) is 0.0182. The minimum absolute atomic E-state index is 0.370. The number of aromatic nitrogens is 1. The summed E-state index contributed by atoms with van der Waals surface area (Å²) in [5.74, 6) is 0.820. The lowest BCUT2D eigenvalue weighted by molar-refractivity contribution is 0.349. The van der Waals surface area contributed by atoms with Crippen LogP contribution in [-0.4, -0.2) is 11.2 Å². The van der Waals surface area contributed by atoms with Crippen LogP contribution in [0.4, 0.5) is 11.4 Å². The van der Waals surface area contributed by atoms with E-state index in [1.54, 1.807) is 0 Å². The Morgan fingerprint density at radius 1 is 0.466 bits per heavy atom. The lowest BCUT2D eigenvalue weighted by atomic mass is 9.94. The third-order valence-corrected chi connectivity index (χ3v) is 11.6. The first-order valence-electron chi connectivity index (χ1n) is 19.8. The Hall–Kier alpha value is -7.62. The fourth-order valence-electron chi connectivity index (χ4n) is 8.89. The monoisotopic (exact) mass is 742 g/mol. The summed E-state index contributed by atoms with van der Waals surface area (Å²) >= 11 is 0. The zero-order valence-corrected chi connectivity index (χ0v) is 31.8. The van der Waals surface area contributed by atoms with Gasteiger partial charge in [-0.2, -0.15) is 0 Å². The first-order valence-corrected chi connectivity index (χ1v) is 19.8. The van der Waals surface area contributed by atoms with Gasteiger partial charge in [-0.3, -0.25) is 0 Å². The van der Waals surface area contributed by atoms with Gasteiger partial charge in [0.1, 0.15) is 12.4 Å². The summed E-state index contributed by atoms with van der Waals surface area (Å²) in [5.41, 5.74) is 10.9. The van der Waals surface area contributed by atoms with E-state index in [0.29, 0.717) is 6.61 Å². The Kier molecular flexibility index (Phi) is 8.04. The molecule has 0 bridgehead atoms. The first-order chi connectivity index (χ1) is 28.7. The van der Waals surface area contributed by atoms with E-state index in [1.165, 1.54) is 59.7 Å². The van der Waals surface area contributed by atoms with Crippen molar-refractivity contribution in [2.75, 3.05) is 11.5 Å². The summed E-state index contributed by atoms with van der Waals surface area (Å²) in [7, 11) is 0. The first kappa shape index (κ1) is 33.7. The smallest absolute Gasteiger partial charge is 0.129 e. The second kappa shape index (κ2) is 13.8. The zero-order valence-electron chi connectivity index (χ0n) is 31.8. The average Bonchev–Trinajstić information content (AvgIpc) is 3.65. The minimum atomic E-state index is 0.370. The normalized spacial score (nSPS) is 14.4. The maximum atomic E-state index is 6.62. The van der Waals surface area contributed by atoms with E-state index in [-0.39, 0.29) is 0 Å². The highest BCUT2D eigenvalue weighted by molar-refractivity contribution is 6.25. The van der Waals surface area contributed by atoms with E-state index in [1.807, 2.05) is 18.2 Å². The van der Waals surface area contributed by atoms with Crippen molar-refractivity contribution in [1.29, 1.82) is 0 Å². The van der Waals surface area contributed by atoms with E-state index in [2.05, 4.69) is 204 Å². The number of para-hydroxylation sites is 3. The summed E-state index contributed by atoms with van der Waals surface area (Å²) < 4.78 is 8.98. The molecule has 58 heavy (non-hydrogen) atoms. The van der Waals surface area contributed by atoms with E-state index >= 15 is 0 Å². The van der Waals surface area contributed by atoms with Gasteiger partial charge in [0.05, 0.1) is 16.7 Å². The average molecular weight is 743 g/mol. The molecule has 0 aliphatic carbocycles. The molecule has 0 radical (unpaired) electrons. The molecule has 0 N–H and O–H groups in total. The van der Waals surface area contributed by atoms with Gasteiger partial charge in [-0.15, -0.1) is 0 Å². The van der Waals surface area contributed by atoms with Crippen molar-refractivity contribution >= 4 is 71.1 Å². The zero-order chi connectivity index (χ0) is 38.6. The van der Waals surface area contributed by atoms with Gasteiger partial charge >= 0.3 is 0 Å². The lowest BCUT2D eigenvalue weighted by Gasteiger charge is -2.29. The summed E-state index contributed by atoms with van der Waals surface area (Å²) in [6.45, 7) is 4.72. The van der Waals surface area contributed by atoms with Crippen LogP contribution in [0.1, 0.15) is 5.56 Å². The predicted molar refractivity (Wildman–Crippen MR) is 246 cm³/mol. The number of allylic oxidation sites excluding steroid dienone is 4. The molecule has 1 aromatic heterocycles. The minimum Gasteiger partial charge on any atom is -0.487 e. The Morgan fingerprint density at radius 3 is 1.81 bits per heavy atom. The Labute approximate surface area is 337 Å². The van der Waals surface area contributed by atoms with E-state index in [4.69, 9.17) is 4.74 Å². The van der Waals surface area contributed by atoms with Gasteiger partial charge in [0, 0.05) is 33.4 Å². The van der Waals surface area contributed by atoms with Gasteiger partial charge < -0.3 is 14.2 Å². The molecule has 3 nitrogen and oxygen atoms in total. The molecule has 3 heteroatoms. The van der Waals surface area contributed by atoms with Crippen LogP contribution >= 0.6 is 0 Å². The van der Waals surface area contributed by atoms with Crippen LogP contribution in [0.15, 0.2) is 219 Å². The van der Waals surface area contributed by atoms with Crippen LogP contribution in [0.25, 0.3) is 76.5 Å². The number of hydrogen-bond acceptors (Lipinski definition) is 2. The highest BCUT2D eigenvalue weighted by atomic mass is 16.5. The molecule has 0 atom stereocenters. The maximum absolute atomic E-state index is 6.62. The van der Waals surface area contributed by atoms with Gasteiger partial charge in [-0.25, -0.2) is 0 Å². The van der Waals surface area contributed by atoms with Gasteiger partial charge in [0.15, 0.2) is 0 Å². The maximum Gasteiger partial charge on any atom is 0.129 e. The predicted octanol–water partition coefficient (Wildman–Crippen LogP) is 14.6. The Bertz CT molecular complexity index is 3260. The number of rotatable bonds is 5. The molecule has 0 spiro atoms. The molecule has 1 aliphatic rings. The van der Waals surface area contributed by atoms with Crippen LogP contribution < -0.4 is 9.64 Å². The van der Waals surface area contributed by atoms with E-state index < -0.39 is 0 Å². The molecule has 11 rings (SSSR count). The molecule has 0 saturated carbocycles. The van der Waals surface area contributed by atoms with Crippen molar-refractivity contribution in [3.05, 3.63) is 224 Å². The third-order valence-electron chi connectivity index (χ3n) is 11.6. The lowest BCUT2D eigenvalue weighted by Crippen LogP contribution is -2.21. The quantitative estimate of drug-likeness (QED) is 0.163.